The molecule has 0 heterocycles. The first-order chi connectivity index (χ1) is 5.49. The van der Waals surface area contributed by atoms with E-state index in [1.54, 1.807) is 0 Å². The standard InChI is InChI=1S/C5H5Br2Cl3O2/c6-1-2(7)5(11)12-4(10)3(8)9/h2-4H,1H2. The molecule has 0 radical (unpaired) electrons. The topological polar surface area (TPSA) is 26.3 Å². The maximum Gasteiger partial charge on any atom is 0.322 e. The minimum Gasteiger partial charge on any atom is -0.442 e. The molecular weight excluding hydrogens is 358 g/mol. The van der Waals surface area contributed by atoms with Crippen LogP contribution in [0, 0.1) is 0 Å². The molecule has 0 aliphatic rings. The van der Waals surface area contributed by atoms with Crippen molar-refractivity contribution in [2.24, 2.45) is 0 Å². The molecule has 0 aromatic heterocycles. The Morgan fingerprint density at radius 1 is 1.42 bits per heavy atom. The van der Waals surface area contributed by atoms with Gasteiger partial charge in [0.15, 0.2) is 4.84 Å². The molecule has 2 unspecified atom stereocenters. The largest absolute Gasteiger partial charge is 0.442 e. The summed E-state index contributed by atoms with van der Waals surface area (Å²) in [7, 11) is 0. The lowest BCUT2D eigenvalue weighted by Crippen LogP contribution is -2.25. The van der Waals surface area contributed by atoms with Crippen LogP contribution in [0.4, 0.5) is 0 Å². The minimum absolute atomic E-state index is 0.435. The monoisotopic (exact) mass is 360 g/mol. The molecule has 0 amide bonds. The number of rotatable bonds is 4. The first kappa shape index (κ1) is 13.3. The lowest BCUT2D eigenvalue weighted by Gasteiger charge is -2.13. The van der Waals surface area contributed by atoms with Crippen molar-refractivity contribution in [3.8, 4) is 0 Å². The Morgan fingerprint density at radius 2 is 1.92 bits per heavy atom. The van der Waals surface area contributed by atoms with Crippen molar-refractivity contribution in [2.45, 2.75) is 15.2 Å². The van der Waals surface area contributed by atoms with Crippen molar-refractivity contribution in [1.29, 1.82) is 0 Å². The van der Waals surface area contributed by atoms with E-state index in [-0.39, 0.29) is 0 Å². The average molecular weight is 363 g/mol. The number of alkyl halides is 5. The Labute approximate surface area is 102 Å². The zero-order valence-corrected chi connectivity index (χ0v) is 11.1. The normalized spacial score (nSPS) is 15.8. The molecule has 2 nitrogen and oxygen atoms in total. The highest BCUT2D eigenvalue weighted by Crippen LogP contribution is 2.17. The molecule has 0 aliphatic heterocycles. The van der Waals surface area contributed by atoms with Crippen LogP contribution in [0.25, 0.3) is 0 Å². The maximum absolute atomic E-state index is 11.0. The Hall–Kier alpha value is 1.30. The number of hydrogen-bond acceptors (Lipinski definition) is 2. The molecule has 12 heavy (non-hydrogen) atoms. The van der Waals surface area contributed by atoms with Crippen LogP contribution in [-0.2, 0) is 9.53 Å². The van der Waals surface area contributed by atoms with E-state index in [1.807, 2.05) is 0 Å². The summed E-state index contributed by atoms with van der Waals surface area (Å²) in [5, 5.41) is 0.435. The highest BCUT2D eigenvalue weighted by Gasteiger charge is 2.22. The third-order valence-corrected chi connectivity index (χ3v) is 4.09. The lowest BCUT2D eigenvalue weighted by atomic mass is 10.5. The Balaban J connectivity index is 3.84. The van der Waals surface area contributed by atoms with Gasteiger partial charge in [-0.15, -0.1) is 0 Å². The molecule has 7 heteroatoms. The van der Waals surface area contributed by atoms with E-state index >= 15 is 0 Å². The molecule has 0 aromatic rings. The van der Waals surface area contributed by atoms with E-state index in [0.717, 1.165) is 0 Å². The Morgan fingerprint density at radius 3 is 2.25 bits per heavy atom. The van der Waals surface area contributed by atoms with Gasteiger partial charge in [-0.2, -0.15) is 0 Å². The molecule has 0 N–H and O–H groups in total. The second-order valence-corrected chi connectivity index (χ2v) is 5.09. The summed E-state index contributed by atoms with van der Waals surface area (Å²) in [6.07, 6.45) is 0. The molecule has 0 spiro atoms. The lowest BCUT2D eigenvalue weighted by molar-refractivity contribution is -0.143. The first-order valence-electron chi connectivity index (χ1n) is 2.81. The fraction of sp³-hybridized carbons (Fsp3) is 0.800. The molecule has 0 rings (SSSR count). The number of hydrogen-bond donors (Lipinski definition) is 0. The van der Waals surface area contributed by atoms with Crippen molar-refractivity contribution < 1.29 is 9.53 Å². The van der Waals surface area contributed by atoms with Crippen LogP contribution in [-0.4, -0.2) is 26.5 Å². The molecule has 0 bridgehead atoms. The second kappa shape index (κ2) is 6.71. The smallest absolute Gasteiger partial charge is 0.322 e. The van der Waals surface area contributed by atoms with Crippen LogP contribution in [0.15, 0.2) is 0 Å². The van der Waals surface area contributed by atoms with Crippen LogP contribution in [0.1, 0.15) is 0 Å². The van der Waals surface area contributed by atoms with E-state index in [9.17, 15) is 4.79 Å². The predicted octanol–water partition coefficient (Wildman–Crippen LogP) is 3.06. The van der Waals surface area contributed by atoms with Gasteiger partial charge < -0.3 is 4.74 Å². The molecular formula is C5H5Br2Cl3O2. The van der Waals surface area contributed by atoms with Crippen molar-refractivity contribution in [1.82, 2.24) is 0 Å². The van der Waals surface area contributed by atoms with E-state index in [1.165, 1.54) is 0 Å². The van der Waals surface area contributed by atoms with Gasteiger partial charge in [0.25, 0.3) is 0 Å². The van der Waals surface area contributed by atoms with E-state index in [2.05, 4.69) is 36.6 Å². The van der Waals surface area contributed by atoms with Crippen LogP contribution in [0.5, 0.6) is 0 Å². The summed E-state index contributed by atoms with van der Waals surface area (Å²) < 4.78 is 4.65. The quantitative estimate of drug-likeness (QED) is 0.567. The van der Waals surface area contributed by atoms with Crippen LogP contribution >= 0.6 is 66.7 Å². The van der Waals surface area contributed by atoms with E-state index in [4.69, 9.17) is 34.8 Å². The molecule has 2 atom stereocenters. The van der Waals surface area contributed by atoms with Crippen molar-refractivity contribution in [3.05, 3.63) is 0 Å². The summed E-state index contributed by atoms with van der Waals surface area (Å²) in [5.41, 5.74) is -1.01. The summed E-state index contributed by atoms with van der Waals surface area (Å²) in [4.78, 5) is 9.62. The summed E-state index contributed by atoms with van der Waals surface area (Å²) in [6, 6.07) is 0. The zero-order chi connectivity index (χ0) is 9.72. The Kier molecular flexibility index (Phi) is 7.44. The van der Waals surface area contributed by atoms with Gasteiger partial charge in [-0.1, -0.05) is 66.7 Å². The second-order valence-electron chi connectivity index (χ2n) is 1.74. The van der Waals surface area contributed by atoms with Crippen molar-refractivity contribution in [3.63, 3.8) is 0 Å². The average Bonchev–Trinajstić information content (AvgIpc) is 2.02. The molecule has 0 aromatic carbocycles. The number of ether oxygens (including phenoxy) is 1. The summed E-state index contributed by atoms with van der Waals surface area (Å²) >= 11 is 22.3. The van der Waals surface area contributed by atoms with Gasteiger partial charge in [-0.25, -0.2) is 0 Å². The maximum atomic E-state index is 11.0. The van der Waals surface area contributed by atoms with Crippen molar-refractivity contribution >= 4 is 72.6 Å². The molecule has 72 valence electrons. The van der Waals surface area contributed by atoms with Gasteiger partial charge in [0.1, 0.15) is 4.83 Å². The van der Waals surface area contributed by atoms with Gasteiger partial charge in [0, 0.05) is 5.33 Å². The third-order valence-electron chi connectivity index (χ3n) is 0.818. The zero-order valence-electron chi connectivity index (χ0n) is 5.65. The van der Waals surface area contributed by atoms with Gasteiger partial charge in [-0.3, -0.25) is 4.79 Å². The Bertz CT molecular complexity index is 156. The SMILES string of the molecule is O=C(OC(Cl)C(Cl)Cl)C(Br)CBr. The minimum atomic E-state index is -1.01. The molecule has 0 saturated carbocycles. The number of esters is 1. The summed E-state index contributed by atoms with van der Waals surface area (Å²) in [5.74, 6) is -0.502. The van der Waals surface area contributed by atoms with Crippen molar-refractivity contribution in [2.75, 3.05) is 5.33 Å². The van der Waals surface area contributed by atoms with Crippen LogP contribution in [0.3, 0.4) is 0 Å². The van der Waals surface area contributed by atoms with E-state index < -0.39 is 21.2 Å². The predicted molar refractivity (Wildman–Crippen MR) is 57.7 cm³/mol. The fourth-order valence-corrected chi connectivity index (χ4v) is 0.862. The van der Waals surface area contributed by atoms with E-state index in [0.29, 0.717) is 5.33 Å². The number of carbonyl (C=O) groups excluding carboxylic acids is 1. The van der Waals surface area contributed by atoms with Crippen LogP contribution in [0.2, 0.25) is 0 Å². The highest BCUT2D eigenvalue weighted by atomic mass is 79.9. The molecule has 0 saturated heterocycles. The van der Waals surface area contributed by atoms with Gasteiger partial charge in [0.05, 0.1) is 0 Å². The van der Waals surface area contributed by atoms with Gasteiger partial charge in [-0.05, 0) is 0 Å². The number of carbonyl (C=O) groups is 1. The third kappa shape index (κ3) is 5.12. The highest BCUT2D eigenvalue weighted by molar-refractivity contribution is 9.12. The number of halogens is 5. The van der Waals surface area contributed by atoms with Gasteiger partial charge >= 0.3 is 5.97 Å². The first-order valence-corrected chi connectivity index (χ1v) is 6.16. The summed E-state index contributed by atoms with van der Waals surface area (Å²) in [6.45, 7) is 0. The molecule has 0 aliphatic carbocycles. The molecule has 0 fully saturated rings. The fourth-order valence-electron chi connectivity index (χ4n) is 0.299. The van der Waals surface area contributed by atoms with Crippen LogP contribution < -0.4 is 0 Å². The van der Waals surface area contributed by atoms with Gasteiger partial charge in [0.2, 0.25) is 5.56 Å².